The maximum Gasteiger partial charge on any atom is 0.134 e. The summed E-state index contributed by atoms with van der Waals surface area (Å²) in [4.78, 5) is 17.8. The molecule has 154 valence electrons. The number of aromatic nitrogens is 4. The van der Waals surface area contributed by atoms with Crippen LogP contribution in [0.2, 0.25) is 0 Å². The molecule has 8 heteroatoms. The quantitative estimate of drug-likeness (QED) is 0.631. The number of nitrogens with zero attached hydrogens (tertiary/aromatic N) is 6. The summed E-state index contributed by atoms with van der Waals surface area (Å²) in [6.07, 6.45) is 2.04. The van der Waals surface area contributed by atoms with Crippen LogP contribution < -0.4 is 10.2 Å². The molecule has 2 atom stereocenters. The van der Waals surface area contributed by atoms with Gasteiger partial charge in [-0.1, -0.05) is 12.1 Å². The van der Waals surface area contributed by atoms with Crippen LogP contribution >= 0.6 is 0 Å². The molecule has 1 aliphatic rings. The lowest BCUT2D eigenvalue weighted by Crippen LogP contribution is -2.38. The lowest BCUT2D eigenvalue weighted by Gasteiger charge is -2.27. The zero-order valence-electron chi connectivity index (χ0n) is 17.3. The zero-order chi connectivity index (χ0) is 20.4. The van der Waals surface area contributed by atoms with Gasteiger partial charge in [0.1, 0.15) is 23.8 Å². The minimum Gasteiger partial charge on any atom is -0.391 e. The summed E-state index contributed by atoms with van der Waals surface area (Å²) in [5.41, 5.74) is 2.17. The topological polar surface area (TPSA) is 82.3 Å². The summed E-state index contributed by atoms with van der Waals surface area (Å²) < 4.78 is 2.22. The van der Waals surface area contributed by atoms with Crippen molar-refractivity contribution in [3.63, 3.8) is 0 Å². The number of likely N-dealkylation sites (N-methyl/N-ethyl adjacent to an activating group) is 1. The largest absolute Gasteiger partial charge is 0.391 e. The molecule has 8 nitrogen and oxygen atoms in total. The van der Waals surface area contributed by atoms with Crippen molar-refractivity contribution in [2.75, 3.05) is 43.9 Å². The van der Waals surface area contributed by atoms with Crippen LogP contribution in [0, 0.1) is 6.92 Å². The fraction of sp³-hybridized carbons (Fsp3) is 0.476. The van der Waals surface area contributed by atoms with Crippen LogP contribution in [-0.4, -0.2) is 75.4 Å². The Bertz CT molecular complexity index is 971. The van der Waals surface area contributed by atoms with Gasteiger partial charge in [0.15, 0.2) is 0 Å². The van der Waals surface area contributed by atoms with Crippen molar-refractivity contribution in [2.45, 2.75) is 32.0 Å². The summed E-state index contributed by atoms with van der Waals surface area (Å²) >= 11 is 0. The minimum absolute atomic E-state index is 0.253. The maximum atomic E-state index is 10.1. The fourth-order valence-electron chi connectivity index (χ4n) is 4.14. The molecule has 29 heavy (non-hydrogen) atoms. The third kappa shape index (κ3) is 4.33. The van der Waals surface area contributed by atoms with E-state index >= 15 is 0 Å². The first-order chi connectivity index (χ1) is 14.0. The summed E-state index contributed by atoms with van der Waals surface area (Å²) in [5.74, 6) is 2.66. The smallest absolute Gasteiger partial charge is 0.134 e. The highest BCUT2D eigenvalue weighted by Gasteiger charge is 2.32. The maximum absolute atomic E-state index is 10.1. The molecule has 1 aliphatic heterocycles. The van der Waals surface area contributed by atoms with Crippen LogP contribution in [-0.2, 0) is 6.54 Å². The van der Waals surface area contributed by atoms with Gasteiger partial charge in [-0.25, -0.2) is 15.0 Å². The van der Waals surface area contributed by atoms with E-state index in [1.54, 1.807) is 6.33 Å². The van der Waals surface area contributed by atoms with E-state index in [1.807, 2.05) is 31.2 Å². The molecule has 0 radical (unpaired) electrons. The van der Waals surface area contributed by atoms with Gasteiger partial charge in [-0.05, 0) is 39.6 Å². The van der Waals surface area contributed by atoms with E-state index in [0.717, 1.165) is 54.5 Å². The molecule has 0 spiro atoms. The molecule has 0 saturated carbocycles. The molecule has 2 N–H and O–H groups in total. The number of fused-ring (bicyclic) bond motifs is 1. The Labute approximate surface area is 171 Å². The van der Waals surface area contributed by atoms with E-state index in [0.29, 0.717) is 6.54 Å². The fourth-order valence-corrected chi connectivity index (χ4v) is 4.14. The molecule has 3 heterocycles. The average Bonchev–Trinajstić information content (AvgIpc) is 3.21. The Morgan fingerprint density at radius 3 is 2.90 bits per heavy atom. The summed E-state index contributed by atoms with van der Waals surface area (Å²) in [6.45, 7) is 5.07. The van der Waals surface area contributed by atoms with Crippen LogP contribution in [0.25, 0.3) is 11.0 Å². The van der Waals surface area contributed by atoms with Crippen molar-refractivity contribution in [2.24, 2.45) is 0 Å². The van der Waals surface area contributed by atoms with Gasteiger partial charge in [-0.3, -0.25) is 0 Å². The second kappa shape index (κ2) is 8.34. The highest BCUT2D eigenvalue weighted by molar-refractivity contribution is 5.75. The summed E-state index contributed by atoms with van der Waals surface area (Å²) in [6, 6.07) is 10.4. The molecule has 1 fully saturated rings. The van der Waals surface area contributed by atoms with Gasteiger partial charge >= 0.3 is 0 Å². The lowest BCUT2D eigenvalue weighted by molar-refractivity contribution is 0.191. The minimum atomic E-state index is -0.316. The van der Waals surface area contributed by atoms with Crippen molar-refractivity contribution in [1.82, 2.24) is 24.4 Å². The van der Waals surface area contributed by atoms with Crippen molar-refractivity contribution in [3.05, 3.63) is 42.5 Å². The van der Waals surface area contributed by atoms with Crippen LogP contribution in [0.1, 0.15) is 12.2 Å². The first-order valence-corrected chi connectivity index (χ1v) is 10.1. The Hall–Kier alpha value is -2.71. The number of aryl methyl sites for hydroxylation is 1. The average molecular weight is 396 g/mol. The van der Waals surface area contributed by atoms with E-state index in [4.69, 9.17) is 0 Å². The van der Waals surface area contributed by atoms with Crippen molar-refractivity contribution < 1.29 is 5.11 Å². The normalized spacial score (nSPS) is 19.4. The van der Waals surface area contributed by atoms with E-state index in [-0.39, 0.29) is 12.1 Å². The van der Waals surface area contributed by atoms with Crippen LogP contribution in [0.5, 0.6) is 0 Å². The van der Waals surface area contributed by atoms with Gasteiger partial charge < -0.3 is 24.8 Å². The van der Waals surface area contributed by atoms with E-state index in [1.165, 1.54) is 0 Å². The van der Waals surface area contributed by atoms with Crippen LogP contribution in [0.15, 0.2) is 36.7 Å². The highest BCUT2D eigenvalue weighted by atomic mass is 16.3. The Morgan fingerprint density at radius 2 is 2.07 bits per heavy atom. The third-order valence-corrected chi connectivity index (χ3v) is 5.40. The van der Waals surface area contributed by atoms with E-state index < -0.39 is 0 Å². The Balaban J connectivity index is 1.43. The predicted octanol–water partition coefficient (Wildman–Crippen LogP) is 1.75. The monoisotopic (exact) mass is 395 g/mol. The standard InChI is InChI=1S/C21H29N7O/c1-15-25-18-6-4-5-7-19(18)27(15)9-8-22-20-11-21(24-14-23-20)28-13-17(29)10-16(28)12-26(2)3/h4-7,11,14,16-17,29H,8-10,12-13H2,1-3H3,(H,22,23,24)/t16-,17-/m1/s1. The highest BCUT2D eigenvalue weighted by Crippen LogP contribution is 2.25. The molecule has 4 rings (SSSR count). The number of hydrogen-bond acceptors (Lipinski definition) is 7. The molecule has 0 bridgehead atoms. The van der Waals surface area contributed by atoms with Gasteiger partial charge in [0, 0.05) is 38.3 Å². The number of nitrogens with one attached hydrogen (secondary N) is 1. The molecule has 3 aromatic rings. The first-order valence-electron chi connectivity index (χ1n) is 10.1. The second-order valence-corrected chi connectivity index (χ2v) is 7.95. The SMILES string of the molecule is Cc1nc2ccccc2n1CCNc1cc(N2C[C@H](O)C[C@@H]2CN(C)C)ncn1. The zero-order valence-corrected chi connectivity index (χ0v) is 17.3. The molecule has 0 amide bonds. The van der Waals surface area contributed by atoms with Crippen molar-refractivity contribution >= 4 is 22.7 Å². The summed E-state index contributed by atoms with van der Waals surface area (Å²) in [5, 5.41) is 13.6. The number of hydrogen-bond donors (Lipinski definition) is 2. The number of imidazole rings is 1. The Morgan fingerprint density at radius 1 is 1.24 bits per heavy atom. The van der Waals surface area contributed by atoms with Gasteiger partial charge in [0.2, 0.25) is 0 Å². The Kier molecular flexibility index (Phi) is 5.64. The molecule has 0 aliphatic carbocycles. The van der Waals surface area contributed by atoms with Crippen molar-refractivity contribution in [3.8, 4) is 0 Å². The van der Waals surface area contributed by atoms with Gasteiger partial charge in [0.05, 0.1) is 17.1 Å². The van der Waals surface area contributed by atoms with E-state index in [9.17, 15) is 5.11 Å². The third-order valence-electron chi connectivity index (χ3n) is 5.40. The molecule has 2 aromatic heterocycles. The number of anilines is 2. The number of β-amino-alcohol motifs (C(OH)–C–C–N with tert-alkyl or cyclic N) is 1. The number of para-hydroxylation sites is 2. The number of rotatable bonds is 7. The summed E-state index contributed by atoms with van der Waals surface area (Å²) in [7, 11) is 4.11. The van der Waals surface area contributed by atoms with Gasteiger partial charge in [-0.15, -0.1) is 0 Å². The van der Waals surface area contributed by atoms with E-state index in [2.05, 4.69) is 54.8 Å². The number of benzene rings is 1. The van der Waals surface area contributed by atoms with Crippen molar-refractivity contribution in [1.29, 1.82) is 0 Å². The second-order valence-electron chi connectivity index (χ2n) is 7.95. The number of aliphatic hydroxyl groups is 1. The molecule has 0 unspecified atom stereocenters. The molecular weight excluding hydrogens is 366 g/mol. The molecular formula is C21H29N7O. The first kappa shape index (κ1) is 19.6. The van der Waals surface area contributed by atoms with Gasteiger partial charge in [0.25, 0.3) is 0 Å². The molecule has 1 aromatic carbocycles. The predicted molar refractivity (Wildman–Crippen MR) is 115 cm³/mol. The van der Waals surface area contributed by atoms with Crippen LogP contribution in [0.4, 0.5) is 11.6 Å². The number of aliphatic hydroxyl groups excluding tert-OH is 1. The molecule has 1 saturated heterocycles. The lowest BCUT2D eigenvalue weighted by atomic mass is 10.2. The van der Waals surface area contributed by atoms with Gasteiger partial charge in [-0.2, -0.15) is 0 Å². The van der Waals surface area contributed by atoms with Crippen LogP contribution in [0.3, 0.4) is 0 Å².